The molecule has 0 amide bonds. The van der Waals surface area contributed by atoms with Gasteiger partial charge >= 0.3 is 0 Å². The smallest absolute Gasteiger partial charge is 0.125 e. The van der Waals surface area contributed by atoms with E-state index in [1.54, 1.807) is 6.92 Å². The molecule has 1 saturated heterocycles. The van der Waals surface area contributed by atoms with Crippen molar-refractivity contribution in [3.63, 3.8) is 0 Å². The lowest BCUT2D eigenvalue weighted by Gasteiger charge is -2.41. The third-order valence-electron chi connectivity index (χ3n) is 5.02. The van der Waals surface area contributed by atoms with E-state index >= 15 is 0 Å². The topological polar surface area (TPSA) is 44.6 Å². The van der Waals surface area contributed by atoms with Crippen LogP contribution < -0.4 is 10.0 Å². The molecule has 6 atom stereocenters. The lowest BCUT2D eigenvalue weighted by Crippen LogP contribution is -3.19. The Morgan fingerprint density at radius 3 is 2.50 bits per heavy atom. The highest BCUT2D eigenvalue weighted by Crippen LogP contribution is 2.41. The van der Waals surface area contributed by atoms with E-state index in [9.17, 15) is 9.90 Å². The molecular formula is C13H23NO2. The molecular weight excluding hydrogens is 202 g/mol. The van der Waals surface area contributed by atoms with Gasteiger partial charge in [0.15, 0.2) is 0 Å². The van der Waals surface area contributed by atoms with Gasteiger partial charge in [-0.25, -0.2) is 0 Å². The summed E-state index contributed by atoms with van der Waals surface area (Å²) in [5.74, 6) is 2.12. The molecule has 4 unspecified atom stereocenters. The maximum Gasteiger partial charge on any atom is 0.125 e. The van der Waals surface area contributed by atoms with Crippen LogP contribution in [0.5, 0.6) is 0 Å². The second-order valence-corrected chi connectivity index (χ2v) is 5.97. The molecule has 0 bridgehead atoms. The van der Waals surface area contributed by atoms with E-state index in [4.69, 9.17) is 0 Å². The fourth-order valence-corrected chi connectivity index (χ4v) is 3.84. The van der Waals surface area contributed by atoms with Crippen LogP contribution >= 0.6 is 0 Å². The zero-order chi connectivity index (χ0) is 11.9. The van der Waals surface area contributed by atoms with E-state index in [1.807, 2.05) is 0 Å². The van der Waals surface area contributed by atoms with Crippen LogP contribution in [-0.4, -0.2) is 25.1 Å². The van der Waals surface area contributed by atoms with Gasteiger partial charge in [-0.2, -0.15) is 0 Å². The number of piperidine rings is 1. The minimum absolute atomic E-state index is 0.351. The van der Waals surface area contributed by atoms with Crippen molar-refractivity contribution < 1.29 is 14.8 Å². The Kier molecular flexibility index (Phi) is 3.24. The maximum absolute atomic E-state index is 10.9. The Bertz CT molecular complexity index is 279. The Labute approximate surface area is 97.8 Å². The van der Waals surface area contributed by atoms with Crippen LogP contribution in [0.2, 0.25) is 0 Å². The first-order valence-electron chi connectivity index (χ1n) is 6.56. The predicted octanol–water partition coefficient (Wildman–Crippen LogP) is -0.678. The van der Waals surface area contributed by atoms with Gasteiger partial charge < -0.3 is 14.8 Å². The first-order valence-corrected chi connectivity index (χ1v) is 6.56. The molecule has 0 radical (unpaired) electrons. The lowest BCUT2D eigenvalue weighted by atomic mass is 9.78. The molecule has 1 aliphatic carbocycles. The first kappa shape index (κ1) is 11.9. The van der Waals surface area contributed by atoms with Gasteiger partial charge in [-0.3, -0.25) is 0 Å². The average Bonchev–Trinajstić information content (AvgIpc) is 2.60. The van der Waals surface area contributed by atoms with Crippen LogP contribution in [0.4, 0.5) is 0 Å². The summed E-state index contributed by atoms with van der Waals surface area (Å²) in [4.78, 5) is 12.2. The molecule has 2 fully saturated rings. The molecule has 3 heteroatoms. The maximum atomic E-state index is 10.9. The summed E-state index contributed by atoms with van der Waals surface area (Å²) in [6.07, 6.45) is 2.67. The number of aliphatic carboxylic acids is 1. The Hall–Kier alpha value is -0.570. The van der Waals surface area contributed by atoms with Crippen molar-refractivity contribution in [2.24, 2.45) is 23.7 Å². The second kappa shape index (κ2) is 4.36. The molecule has 1 heterocycles. The van der Waals surface area contributed by atoms with Crippen molar-refractivity contribution in [2.75, 3.05) is 13.1 Å². The number of carboxylic acids is 1. The monoisotopic (exact) mass is 225 g/mol. The number of carbonyl (C=O) groups excluding carboxylic acids is 1. The molecule has 2 rings (SSSR count). The van der Waals surface area contributed by atoms with Gasteiger partial charge in [-0.05, 0) is 31.6 Å². The van der Waals surface area contributed by atoms with Crippen LogP contribution in [-0.2, 0) is 4.79 Å². The number of hydrogen-bond donors (Lipinski definition) is 1. The van der Waals surface area contributed by atoms with Crippen LogP contribution in [0.1, 0.15) is 33.6 Å². The highest BCUT2D eigenvalue weighted by atomic mass is 16.4. The Balaban J connectivity index is 2.07. The van der Waals surface area contributed by atoms with Crippen molar-refractivity contribution in [1.82, 2.24) is 0 Å². The van der Waals surface area contributed by atoms with Crippen molar-refractivity contribution in [2.45, 2.75) is 39.7 Å². The van der Waals surface area contributed by atoms with Crippen molar-refractivity contribution in [3.8, 4) is 0 Å². The SMILES string of the molecule is CC1C[NH+]([C@@H](C)C(=O)[O-])CC2C1CC[C@@H]2C. The molecule has 1 saturated carbocycles. The summed E-state index contributed by atoms with van der Waals surface area (Å²) < 4.78 is 0. The highest BCUT2D eigenvalue weighted by molar-refractivity contribution is 5.68. The number of likely N-dealkylation sites (tertiary alicyclic amines) is 1. The van der Waals surface area contributed by atoms with Gasteiger partial charge in [-0.15, -0.1) is 0 Å². The minimum Gasteiger partial charge on any atom is -0.544 e. The van der Waals surface area contributed by atoms with Crippen LogP contribution in [0.25, 0.3) is 0 Å². The minimum atomic E-state index is -0.897. The van der Waals surface area contributed by atoms with E-state index in [-0.39, 0.29) is 6.04 Å². The molecule has 1 N–H and O–H groups in total. The largest absolute Gasteiger partial charge is 0.544 e. The zero-order valence-corrected chi connectivity index (χ0v) is 10.5. The molecule has 1 aliphatic heterocycles. The van der Waals surface area contributed by atoms with Crippen molar-refractivity contribution >= 4 is 5.97 Å². The number of quaternary nitrogens is 1. The van der Waals surface area contributed by atoms with Gasteiger partial charge in [0.1, 0.15) is 6.04 Å². The van der Waals surface area contributed by atoms with E-state index in [0.717, 1.165) is 30.8 Å². The van der Waals surface area contributed by atoms with Gasteiger partial charge in [0.25, 0.3) is 0 Å². The lowest BCUT2D eigenvalue weighted by molar-refractivity contribution is -0.930. The fourth-order valence-electron chi connectivity index (χ4n) is 3.84. The molecule has 0 aromatic rings. The van der Waals surface area contributed by atoms with E-state index in [1.165, 1.54) is 17.7 Å². The van der Waals surface area contributed by atoms with Crippen molar-refractivity contribution in [1.29, 1.82) is 0 Å². The predicted molar refractivity (Wildman–Crippen MR) is 59.7 cm³/mol. The summed E-state index contributed by atoms with van der Waals surface area (Å²) in [6, 6.07) is -0.351. The number of carboxylic acid groups (broad SMARTS) is 1. The van der Waals surface area contributed by atoms with E-state index in [2.05, 4.69) is 13.8 Å². The average molecular weight is 225 g/mol. The fraction of sp³-hybridized carbons (Fsp3) is 0.923. The third-order valence-corrected chi connectivity index (χ3v) is 5.02. The molecule has 16 heavy (non-hydrogen) atoms. The van der Waals surface area contributed by atoms with E-state index < -0.39 is 5.97 Å². The summed E-state index contributed by atoms with van der Waals surface area (Å²) in [5, 5.41) is 10.9. The highest BCUT2D eigenvalue weighted by Gasteiger charge is 2.44. The number of hydrogen-bond acceptors (Lipinski definition) is 2. The van der Waals surface area contributed by atoms with Gasteiger partial charge in [-0.1, -0.05) is 13.8 Å². The quantitative estimate of drug-likeness (QED) is 0.677. The number of fused-ring (bicyclic) bond motifs is 1. The molecule has 3 nitrogen and oxygen atoms in total. The first-order chi connectivity index (χ1) is 7.50. The Morgan fingerprint density at radius 1 is 1.19 bits per heavy atom. The molecule has 0 spiro atoms. The third kappa shape index (κ3) is 1.97. The number of rotatable bonds is 2. The van der Waals surface area contributed by atoms with Crippen molar-refractivity contribution in [3.05, 3.63) is 0 Å². The summed E-state index contributed by atoms with van der Waals surface area (Å²) in [7, 11) is 0. The standard InChI is InChI=1S/C13H23NO2/c1-8-4-5-11-9(2)6-14(7-12(8)11)10(3)13(15)16/h8-12H,4-7H2,1-3H3,(H,15,16)/t8-,9?,10-,11?,12?/m0/s1. The van der Waals surface area contributed by atoms with Crippen LogP contribution in [0, 0.1) is 23.7 Å². The molecule has 0 aromatic carbocycles. The van der Waals surface area contributed by atoms with E-state index in [0.29, 0.717) is 5.92 Å². The Morgan fingerprint density at radius 2 is 1.88 bits per heavy atom. The van der Waals surface area contributed by atoms with Gasteiger partial charge in [0.2, 0.25) is 0 Å². The van der Waals surface area contributed by atoms with Gasteiger partial charge in [0.05, 0.1) is 19.1 Å². The summed E-state index contributed by atoms with van der Waals surface area (Å²) >= 11 is 0. The summed E-state index contributed by atoms with van der Waals surface area (Å²) in [6.45, 7) is 8.44. The molecule has 2 aliphatic rings. The molecule has 0 aromatic heterocycles. The van der Waals surface area contributed by atoms with Crippen LogP contribution in [0.3, 0.4) is 0 Å². The summed E-state index contributed by atoms with van der Waals surface area (Å²) in [5.41, 5.74) is 0. The van der Waals surface area contributed by atoms with Gasteiger partial charge in [0, 0.05) is 11.8 Å². The zero-order valence-electron chi connectivity index (χ0n) is 10.5. The normalized spacial score (nSPS) is 45.1. The number of nitrogens with one attached hydrogen (secondary N) is 1. The van der Waals surface area contributed by atoms with Crippen LogP contribution in [0.15, 0.2) is 0 Å². The molecule has 92 valence electrons. The number of carbonyl (C=O) groups is 1. The second-order valence-electron chi connectivity index (χ2n) is 5.97.